The molecule has 0 aliphatic rings. The molecule has 8 nitrogen and oxygen atoms in total. The summed E-state index contributed by atoms with van der Waals surface area (Å²) < 4.78 is 52.2. The highest BCUT2D eigenvalue weighted by atomic mass is 19.1. The van der Waals surface area contributed by atoms with E-state index in [4.69, 9.17) is 0 Å². The number of carbonyl (C=O) groups excluding carboxylic acids is 2. The van der Waals surface area contributed by atoms with Gasteiger partial charge in [-0.3, -0.25) is 0 Å². The van der Waals surface area contributed by atoms with E-state index >= 15 is 0 Å². The first-order valence-electron chi connectivity index (χ1n) is 12.1. The van der Waals surface area contributed by atoms with E-state index in [0.717, 1.165) is 28.8 Å². The molecular weight excluding hydrogens is 544 g/mol. The maximum absolute atomic E-state index is 13.1. The molecule has 4 aromatic rings. The molecule has 0 fully saturated rings. The van der Waals surface area contributed by atoms with Crippen molar-refractivity contribution >= 4 is 23.4 Å². The average molecular weight is 571 g/mol. The number of amides is 4. The normalized spacial score (nSPS) is 10.2. The number of phenolic OH excluding ortho intramolecular Hbond substituents is 2. The van der Waals surface area contributed by atoms with E-state index in [1.54, 1.807) is 0 Å². The number of anilines is 2. The van der Waals surface area contributed by atoms with Crippen molar-refractivity contribution in [2.24, 2.45) is 0 Å². The summed E-state index contributed by atoms with van der Waals surface area (Å²) in [6.45, 7) is 2.42. The Morgan fingerprint density at radius 1 is 0.659 bits per heavy atom. The van der Waals surface area contributed by atoms with Crippen molar-refractivity contribution in [1.82, 2.24) is 10.6 Å². The zero-order valence-corrected chi connectivity index (χ0v) is 21.6. The fourth-order valence-corrected chi connectivity index (χ4v) is 3.42. The first kappa shape index (κ1) is 30.3. The van der Waals surface area contributed by atoms with Crippen LogP contribution in [0.25, 0.3) is 0 Å². The van der Waals surface area contributed by atoms with E-state index < -0.39 is 46.8 Å². The number of urea groups is 2. The molecule has 0 atom stereocenters. The molecule has 0 spiro atoms. The van der Waals surface area contributed by atoms with Crippen LogP contribution >= 0.6 is 0 Å². The molecule has 0 saturated carbocycles. The van der Waals surface area contributed by atoms with Crippen molar-refractivity contribution in [2.45, 2.75) is 20.0 Å². The maximum Gasteiger partial charge on any atom is 0.319 e. The lowest BCUT2D eigenvalue weighted by Gasteiger charge is -2.11. The van der Waals surface area contributed by atoms with Crippen LogP contribution < -0.4 is 21.3 Å². The van der Waals surface area contributed by atoms with E-state index in [0.29, 0.717) is 12.1 Å². The monoisotopic (exact) mass is 570 g/mol. The predicted molar refractivity (Wildman–Crippen MR) is 145 cm³/mol. The SMILES string of the molecule is Cc1ccccc1CNC(=O)Nc1cc(F)cc(F)c1O.O=C(NCc1ccccc1)Nc1cc(F)cc(F)c1O. The summed E-state index contributed by atoms with van der Waals surface area (Å²) in [4.78, 5) is 23.3. The highest BCUT2D eigenvalue weighted by Gasteiger charge is 2.14. The lowest BCUT2D eigenvalue weighted by molar-refractivity contribution is 0.250. The van der Waals surface area contributed by atoms with Crippen LogP contribution in [-0.4, -0.2) is 22.3 Å². The summed E-state index contributed by atoms with van der Waals surface area (Å²) >= 11 is 0. The third-order valence-corrected chi connectivity index (χ3v) is 5.55. The summed E-state index contributed by atoms with van der Waals surface area (Å²) in [7, 11) is 0. The predicted octanol–water partition coefficient (Wildman–Crippen LogP) is 6.29. The highest BCUT2D eigenvalue weighted by Crippen LogP contribution is 2.28. The number of aryl methyl sites for hydroxylation is 1. The standard InChI is InChI=1S/C15H14F2N2O2.C14H12F2N2O2/c1-9-4-2-3-5-10(9)8-18-15(21)19-13-7-11(16)6-12(17)14(13)20;15-10-6-11(16)13(19)12(7-10)18-14(20)17-8-9-4-2-1-3-5-9/h2-7,20H,8H2,1H3,(H2,18,19,21);1-7,19H,8H2,(H2,17,18,20). The van der Waals surface area contributed by atoms with Gasteiger partial charge in [0.2, 0.25) is 0 Å². The largest absolute Gasteiger partial charge is 0.503 e. The molecule has 41 heavy (non-hydrogen) atoms. The van der Waals surface area contributed by atoms with Gasteiger partial charge in [-0.2, -0.15) is 0 Å². The highest BCUT2D eigenvalue weighted by molar-refractivity contribution is 5.91. The fraction of sp³-hybridized carbons (Fsp3) is 0.103. The number of benzene rings is 4. The molecule has 4 rings (SSSR count). The minimum atomic E-state index is -1.14. The van der Waals surface area contributed by atoms with Gasteiger partial charge in [-0.25, -0.2) is 27.2 Å². The van der Waals surface area contributed by atoms with E-state index in [-0.39, 0.29) is 24.5 Å². The Morgan fingerprint density at radius 3 is 1.63 bits per heavy atom. The van der Waals surface area contributed by atoms with Crippen LogP contribution in [0.3, 0.4) is 0 Å². The summed E-state index contributed by atoms with van der Waals surface area (Å²) in [5.74, 6) is -5.66. The van der Waals surface area contributed by atoms with Gasteiger partial charge in [0, 0.05) is 37.4 Å². The Morgan fingerprint density at radius 2 is 1.12 bits per heavy atom. The van der Waals surface area contributed by atoms with Crippen molar-refractivity contribution in [2.75, 3.05) is 10.6 Å². The molecule has 6 N–H and O–H groups in total. The van der Waals surface area contributed by atoms with Gasteiger partial charge in [-0.15, -0.1) is 0 Å². The van der Waals surface area contributed by atoms with Gasteiger partial charge in [-0.1, -0.05) is 54.6 Å². The average Bonchev–Trinajstić information content (AvgIpc) is 2.93. The van der Waals surface area contributed by atoms with Crippen molar-refractivity contribution in [3.63, 3.8) is 0 Å². The van der Waals surface area contributed by atoms with Crippen LogP contribution in [0.5, 0.6) is 11.5 Å². The number of phenols is 2. The second kappa shape index (κ2) is 14.2. The minimum absolute atomic E-state index is 0.255. The van der Waals surface area contributed by atoms with Crippen molar-refractivity contribution in [3.8, 4) is 11.5 Å². The first-order chi connectivity index (χ1) is 19.5. The number of carbonyl (C=O) groups is 2. The van der Waals surface area contributed by atoms with Crippen molar-refractivity contribution < 1.29 is 37.4 Å². The van der Waals surface area contributed by atoms with Gasteiger partial charge < -0.3 is 31.5 Å². The molecule has 0 aliphatic carbocycles. The Bertz CT molecular complexity index is 1520. The third-order valence-electron chi connectivity index (χ3n) is 5.55. The number of nitrogens with one attached hydrogen (secondary N) is 4. The second-order valence-electron chi connectivity index (χ2n) is 8.59. The van der Waals surface area contributed by atoms with Crippen LogP contribution in [-0.2, 0) is 13.1 Å². The second-order valence-corrected chi connectivity index (χ2v) is 8.59. The Labute approximate surface area is 232 Å². The van der Waals surface area contributed by atoms with Crippen LogP contribution in [0, 0.1) is 30.2 Å². The number of aromatic hydroxyl groups is 2. The number of rotatable bonds is 6. The molecule has 0 radical (unpaired) electrons. The molecule has 214 valence electrons. The van der Waals surface area contributed by atoms with Crippen LogP contribution in [0.2, 0.25) is 0 Å². The summed E-state index contributed by atoms with van der Waals surface area (Å²) in [6, 6.07) is 18.0. The molecule has 0 aromatic heterocycles. The molecule has 0 unspecified atom stereocenters. The Kier molecular flexibility index (Phi) is 10.5. The summed E-state index contributed by atoms with van der Waals surface area (Å²) in [5, 5.41) is 28.2. The molecule has 0 bridgehead atoms. The topological polar surface area (TPSA) is 123 Å². The summed E-state index contributed by atoms with van der Waals surface area (Å²) in [6.07, 6.45) is 0. The Hall–Kier alpha value is -5.26. The van der Waals surface area contributed by atoms with Gasteiger partial charge in [0.05, 0.1) is 11.4 Å². The van der Waals surface area contributed by atoms with E-state index in [1.165, 1.54) is 0 Å². The smallest absolute Gasteiger partial charge is 0.319 e. The molecule has 0 heterocycles. The first-order valence-corrected chi connectivity index (χ1v) is 12.1. The molecule has 4 amide bonds. The third kappa shape index (κ3) is 9.17. The summed E-state index contributed by atoms with van der Waals surface area (Å²) in [5.41, 5.74) is 2.15. The van der Waals surface area contributed by atoms with Gasteiger partial charge in [-0.05, 0) is 23.6 Å². The number of hydrogen-bond donors (Lipinski definition) is 6. The van der Waals surface area contributed by atoms with Crippen LogP contribution in [0.1, 0.15) is 16.7 Å². The quantitative estimate of drug-likeness (QED) is 0.120. The van der Waals surface area contributed by atoms with Gasteiger partial charge in [0.25, 0.3) is 0 Å². The maximum atomic E-state index is 13.1. The van der Waals surface area contributed by atoms with Gasteiger partial charge in [0.1, 0.15) is 11.6 Å². The minimum Gasteiger partial charge on any atom is -0.503 e. The molecule has 4 aromatic carbocycles. The van der Waals surface area contributed by atoms with Gasteiger partial charge in [0.15, 0.2) is 23.1 Å². The number of halogens is 4. The Balaban J connectivity index is 0.000000226. The molecule has 12 heteroatoms. The number of hydrogen-bond acceptors (Lipinski definition) is 4. The van der Waals surface area contributed by atoms with Crippen LogP contribution in [0.15, 0.2) is 78.9 Å². The van der Waals surface area contributed by atoms with E-state index in [9.17, 15) is 37.4 Å². The molecule has 0 aliphatic heterocycles. The van der Waals surface area contributed by atoms with E-state index in [2.05, 4.69) is 21.3 Å². The van der Waals surface area contributed by atoms with Crippen molar-refractivity contribution in [1.29, 1.82) is 0 Å². The molecule has 0 saturated heterocycles. The van der Waals surface area contributed by atoms with Crippen molar-refractivity contribution in [3.05, 3.63) is 119 Å². The van der Waals surface area contributed by atoms with E-state index in [1.807, 2.05) is 61.5 Å². The lowest BCUT2D eigenvalue weighted by atomic mass is 10.1. The fourth-order valence-electron chi connectivity index (χ4n) is 3.42. The van der Waals surface area contributed by atoms with Crippen LogP contribution in [0.4, 0.5) is 38.5 Å². The lowest BCUT2D eigenvalue weighted by Crippen LogP contribution is -2.28. The van der Waals surface area contributed by atoms with Gasteiger partial charge >= 0.3 is 12.1 Å². The molecular formula is C29H26F4N4O4. The zero-order chi connectivity index (χ0) is 29.9. The zero-order valence-electron chi connectivity index (χ0n) is 21.6.